The van der Waals surface area contributed by atoms with Crippen molar-refractivity contribution < 1.29 is 13.2 Å². The maximum absolute atomic E-state index is 12.9. The molecule has 1 heterocycles. The van der Waals surface area contributed by atoms with Crippen LogP contribution in [0.1, 0.15) is 40.7 Å². The second-order valence-electron chi connectivity index (χ2n) is 6.86. The van der Waals surface area contributed by atoms with Gasteiger partial charge in [0.2, 0.25) is 10.0 Å². The molecule has 1 fully saturated rings. The summed E-state index contributed by atoms with van der Waals surface area (Å²) in [5.74, 6) is -0.290. The third-order valence-electron chi connectivity index (χ3n) is 4.89. The Kier molecular flexibility index (Phi) is 5.89. The first kappa shape index (κ1) is 19.9. The van der Waals surface area contributed by atoms with Gasteiger partial charge >= 0.3 is 0 Å². The lowest BCUT2D eigenvalue weighted by Crippen LogP contribution is -2.35. The molecule has 2 aromatic carbocycles. The van der Waals surface area contributed by atoms with Gasteiger partial charge in [0, 0.05) is 24.3 Å². The van der Waals surface area contributed by atoms with E-state index in [0.29, 0.717) is 24.3 Å². The third-order valence-corrected chi connectivity index (χ3v) is 7.27. The number of carbonyl (C=O) groups is 1. The molecule has 0 spiro atoms. The van der Waals surface area contributed by atoms with E-state index in [4.69, 9.17) is 11.6 Å². The largest absolute Gasteiger partial charge is 0.322 e. The first-order valence-electron chi connectivity index (χ1n) is 8.97. The summed E-state index contributed by atoms with van der Waals surface area (Å²) in [6.45, 7) is 4.92. The first-order valence-corrected chi connectivity index (χ1v) is 10.8. The smallest absolute Gasteiger partial charge is 0.255 e. The van der Waals surface area contributed by atoms with Crippen LogP contribution in [0.5, 0.6) is 0 Å². The highest BCUT2D eigenvalue weighted by molar-refractivity contribution is 7.89. The fourth-order valence-corrected chi connectivity index (χ4v) is 5.13. The number of nitrogens with zero attached hydrogens (tertiary/aromatic N) is 1. The molecular formula is C20H23ClN2O3S. The van der Waals surface area contributed by atoms with Gasteiger partial charge < -0.3 is 5.32 Å². The number of piperidine rings is 1. The molecule has 0 atom stereocenters. The molecule has 0 saturated carbocycles. The molecule has 0 aliphatic carbocycles. The first-order chi connectivity index (χ1) is 12.8. The summed E-state index contributed by atoms with van der Waals surface area (Å²) in [6.07, 6.45) is 2.73. The van der Waals surface area contributed by atoms with Gasteiger partial charge in [0.25, 0.3) is 5.91 Å². The molecule has 1 aliphatic heterocycles. The van der Waals surface area contributed by atoms with Gasteiger partial charge in [0.15, 0.2) is 0 Å². The zero-order valence-electron chi connectivity index (χ0n) is 15.5. The monoisotopic (exact) mass is 406 g/mol. The minimum Gasteiger partial charge on any atom is -0.322 e. The number of nitrogens with one attached hydrogen (secondary N) is 1. The van der Waals surface area contributed by atoms with Crippen molar-refractivity contribution in [1.29, 1.82) is 0 Å². The Morgan fingerprint density at radius 1 is 1.00 bits per heavy atom. The summed E-state index contributed by atoms with van der Waals surface area (Å²) in [5.41, 5.74) is 3.05. The Morgan fingerprint density at radius 2 is 1.70 bits per heavy atom. The molecule has 0 bridgehead atoms. The van der Waals surface area contributed by atoms with Crippen LogP contribution in [0, 0.1) is 13.8 Å². The van der Waals surface area contributed by atoms with E-state index >= 15 is 0 Å². The number of amides is 1. The van der Waals surface area contributed by atoms with Crippen molar-refractivity contribution in [3.05, 3.63) is 58.1 Å². The maximum atomic E-state index is 12.9. The van der Waals surface area contributed by atoms with Gasteiger partial charge in [-0.25, -0.2) is 8.42 Å². The van der Waals surface area contributed by atoms with Crippen LogP contribution in [0.3, 0.4) is 0 Å². The lowest BCUT2D eigenvalue weighted by molar-refractivity contribution is 0.102. The van der Waals surface area contributed by atoms with E-state index in [2.05, 4.69) is 5.32 Å². The number of sulfonamides is 1. The van der Waals surface area contributed by atoms with Crippen LogP contribution in [0.2, 0.25) is 5.02 Å². The predicted molar refractivity (Wildman–Crippen MR) is 108 cm³/mol. The quantitative estimate of drug-likeness (QED) is 0.819. The summed E-state index contributed by atoms with van der Waals surface area (Å²) < 4.78 is 27.3. The fraction of sp³-hybridized carbons (Fsp3) is 0.350. The van der Waals surface area contributed by atoms with E-state index in [1.807, 2.05) is 26.0 Å². The standard InChI is InChI=1S/C20H23ClN2O3S/c1-14-6-7-16(12-15(14)2)20(24)22-17-8-9-18(21)19(13-17)27(25,26)23-10-4-3-5-11-23/h6-9,12-13H,3-5,10-11H2,1-2H3,(H,22,24). The molecule has 5 nitrogen and oxygen atoms in total. The number of carbonyl (C=O) groups excluding carboxylic acids is 1. The molecule has 0 radical (unpaired) electrons. The molecule has 1 saturated heterocycles. The highest BCUT2D eigenvalue weighted by atomic mass is 35.5. The van der Waals surface area contributed by atoms with E-state index in [0.717, 1.165) is 30.4 Å². The molecule has 3 rings (SSSR count). The molecule has 7 heteroatoms. The van der Waals surface area contributed by atoms with Crippen LogP contribution in [0.4, 0.5) is 5.69 Å². The minimum absolute atomic E-state index is 0.0314. The average Bonchev–Trinajstić information content (AvgIpc) is 2.66. The third kappa shape index (κ3) is 4.34. The second-order valence-corrected chi connectivity index (χ2v) is 9.18. The summed E-state index contributed by atoms with van der Waals surface area (Å²) in [7, 11) is -3.68. The van der Waals surface area contributed by atoms with Crippen LogP contribution in [-0.4, -0.2) is 31.7 Å². The van der Waals surface area contributed by atoms with Crippen molar-refractivity contribution in [2.75, 3.05) is 18.4 Å². The van der Waals surface area contributed by atoms with Crippen molar-refractivity contribution in [3.63, 3.8) is 0 Å². The SMILES string of the molecule is Cc1ccc(C(=O)Nc2ccc(Cl)c(S(=O)(=O)N3CCCCC3)c2)cc1C. The van der Waals surface area contributed by atoms with Crippen molar-refractivity contribution in [3.8, 4) is 0 Å². The zero-order chi connectivity index (χ0) is 19.6. The number of hydrogen-bond acceptors (Lipinski definition) is 3. The fourth-order valence-electron chi connectivity index (χ4n) is 3.11. The van der Waals surface area contributed by atoms with Crippen LogP contribution >= 0.6 is 11.6 Å². The predicted octanol–water partition coefficient (Wildman–Crippen LogP) is 4.38. The Balaban J connectivity index is 1.86. The molecule has 1 N–H and O–H groups in total. The lowest BCUT2D eigenvalue weighted by atomic mass is 10.1. The topological polar surface area (TPSA) is 66.5 Å². The highest BCUT2D eigenvalue weighted by Gasteiger charge is 2.28. The number of benzene rings is 2. The van der Waals surface area contributed by atoms with Gasteiger partial charge in [-0.2, -0.15) is 4.31 Å². The van der Waals surface area contributed by atoms with Crippen LogP contribution in [0.25, 0.3) is 0 Å². The summed E-state index contributed by atoms with van der Waals surface area (Å²) in [5, 5.41) is 2.92. The molecule has 144 valence electrons. The summed E-state index contributed by atoms with van der Waals surface area (Å²) in [6, 6.07) is 10.00. The molecule has 0 aromatic heterocycles. The minimum atomic E-state index is -3.68. The van der Waals surface area contributed by atoms with Gasteiger partial charge in [-0.3, -0.25) is 4.79 Å². The van der Waals surface area contributed by atoms with Gasteiger partial charge in [-0.05, 0) is 68.1 Å². The second kappa shape index (κ2) is 8.00. The van der Waals surface area contributed by atoms with E-state index in [9.17, 15) is 13.2 Å². The molecule has 0 unspecified atom stereocenters. The Hall–Kier alpha value is -1.89. The summed E-state index contributed by atoms with van der Waals surface area (Å²) >= 11 is 6.17. The highest BCUT2D eigenvalue weighted by Crippen LogP contribution is 2.29. The average molecular weight is 407 g/mol. The van der Waals surface area contributed by atoms with Crippen LogP contribution < -0.4 is 5.32 Å². The normalized spacial score (nSPS) is 15.5. The summed E-state index contributed by atoms with van der Waals surface area (Å²) in [4.78, 5) is 12.6. The number of aryl methyl sites for hydroxylation is 2. The van der Waals surface area contributed by atoms with E-state index in [1.165, 1.54) is 16.4 Å². The van der Waals surface area contributed by atoms with Gasteiger partial charge in [-0.15, -0.1) is 0 Å². The van der Waals surface area contributed by atoms with Crippen molar-refractivity contribution in [2.24, 2.45) is 0 Å². The van der Waals surface area contributed by atoms with Crippen LogP contribution in [0.15, 0.2) is 41.3 Å². The molecule has 2 aromatic rings. The number of rotatable bonds is 4. The number of hydrogen-bond donors (Lipinski definition) is 1. The molecular weight excluding hydrogens is 384 g/mol. The van der Waals surface area contributed by atoms with Gasteiger partial charge in [-0.1, -0.05) is 24.1 Å². The van der Waals surface area contributed by atoms with Crippen molar-refractivity contribution in [2.45, 2.75) is 38.0 Å². The lowest BCUT2D eigenvalue weighted by Gasteiger charge is -2.26. The Labute approximate surface area is 165 Å². The number of halogens is 1. The van der Waals surface area contributed by atoms with Gasteiger partial charge in [0.1, 0.15) is 4.90 Å². The van der Waals surface area contributed by atoms with Crippen LogP contribution in [-0.2, 0) is 10.0 Å². The Morgan fingerprint density at radius 3 is 2.37 bits per heavy atom. The zero-order valence-corrected chi connectivity index (χ0v) is 17.0. The van der Waals surface area contributed by atoms with Crippen molar-refractivity contribution >= 4 is 33.2 Å². The number of anilines is 1. The maximum Gasteiger partial charge on any atom is 0.255 e. The van der Waals surface area contributed by atoms with E-state index < -0.39 is 10.0 Å². The van der Waals surface area contributed by atoms with E-state index in [-0.39, 0.29) is 15.8 Å². The molecule has 1 aliphatic rings. The Bertz CT molecular complexity index is 967. The van der Waals surface area contributed by atoms with Gasteiger partial charge in [0.05, 0.1) is 5.02 Å². The van der Waals surface area contributed by atoms with Crippen molar-refractivity contribution in [1.82, 2.24) is 4.31 Å². The molecule has 1 amide bonds. The van der Waals surface area contributed by atoms with E-state index in [1.54, 1.807) is 12.1 Å². The molecule has 27 heavy (non-hydrogen) atoms.